The third-order valence-electron chi connectivity index (χ3n) is 12.7. The first-order valence-corrected chi connectivity index (χ1v) is 25.7. The lowest BCUT2D eigenvalue weighted by Gasteiger charge is -2.40. The van der Waals surface area contributed by atoms with Crippen LogP contribution in [-0.2, 0) is 14.3 Å². The molecule has 7 unspecified atom stereocenters. The number of hydrogen-bond donors (Lipinski definition) is 6. The van der Waals surface area contributed by atoms with Gasteiger partial charge in [0.15, 0.2) is 6.29 Å². The fourth-order valence-electron chi connectivity index (χ4n) is 8.58. The van der Waals surface area contributed by atoms with Crippen molar-refractivity contribution in [3.8, 4) is 0 Å². The lowest BCUT2D eigenvalue weighted by molar-refractivity contribution is -0.302. The van der Waals surface area contributed by atoms with Gasteiger partial charge in [-0.3, -0.25) is 4.79 Å². The monoisotopic (exact) mass is 842 g/mol. The Morgan fingerprint density at radius 1 is 0.508 bits per heavy atom. The Labute approximate surface area is 364 Å². The Hall–Kier alpha value is -0.810. The second-order valence-electron chi connectivity index (χ2n) is 18.3. The van der Waals surface area contributed by atoms with Gasteiger partial charge in [0.25, 0.3) is 0 Å². The van der Waals surface area contributed by atoms with E-state index in [1.807, 2.05) is 0 Å². The minimum absolute atomic E-state index is 0.136. The van der Waals surface area contributed by atoms with Crippen molar-refractivity contribution in [3.63, 3.8) is 0 Å². The molecule has 352 valence electrons. The van der Waals surface area contributed by atoms with Gasteiger partial charge in [-0.1, -0.05) is 239 Å². The summed E-state index contributed by atoms with van der Waals surface area (Å²) in [6, 6.07) is -0.709. The maximum atomic E-state index is 12.8. The summed E-state index contributed by atoms with van der Waals surface area (Å²) in [7, 11) is 0. The Morgan fingerprint density at radius 2 is 0.847 bits per heavy atom. The third-order valence-corrected chi connectivity index (χ3v) is 12.7. The quantitative estimate of drug-likeness (QED) is 0.0332. The van der Waals surface area contributed by atoms with Gasteiger partial charge in [-0.2, -0.15) is 0 Å². The highest BCUT2D eigenvalue weighted by Crippen LogP contribution is 2.23. The number of aliphatic hydroxyl groups excluding tert-OH is 5. The number of carbonyl (C=O) groups excluding carboxylic acids is 1. The van der Waals surface area contributed by atoms with E-state index in [9.17, 15) is 30.3 Å². The molecule has 1 heterocycles. The van der Waals surface area contributed by atoms with Gasteiger partial charge >= 0.3 is 0 Å². The Bertz CT molecular complexity index is 893. The molecule has 0 aromatic rings. The molecule has 0 bridgehead atoms. The van der Waals surface area contributed by atoms with Gasteiger partial charge in [-0.15, -0.1) is 0 Å². The average Bonchev–Trinajstić information content (AvgIpc) is 3.23. The fraction of sp³-hybridized carbons (Fsp3) is 0.980. The number of amides is 1. The van der Waals surface area contributed by atoms with Crippen LogP contribution < -0.4 is 5.32 Å². The van der Waals surface area contributed by atoms with Crippen molar-refractivity contribution in [2.75, 3.05) is 13.2 Å². The Morgan fingerprint density at radius 3 is 1.20 bits per heavy atom. The fourth-order valence-corrected chi connectivity index (χ4v) is 8.58. The summed E-state index contributed by atoms with van der Waals surface area (Å²) in [4.78, 5) is 12.8. The number of nitrogens with one attached hydrogen (secondary N) is 1. The minimum atomic E-state index is -1.55. The SMILES string of the molecule is CCCCCCCCCCCCCCCCCCCCCCCCCCCCCCCCCCC(=O)NC(COC1OC(CO)C(O)C(O)C1O)C(O)CCCCCC. The van der Waals surface area contributed by atoms with Crippen LogP contribution in [0.3, 0.4) is 0 Å². The van der Waals surface area contributed by atoms with Crippen LogP contribution in [0.4, 0.5) is 0 Å². The molecule has 1 aliphatic heterocycles. The largest absolute Gasteiger partial charge is 0.394 e. The number of aliphatic hydroxyl groups is 5. The van der Waals surface area contributed by atoms with E-state index in [4.69, 9.17) is 9.47 Å². The lowest BCUT2D eigenvalue weighted by atomic mass is 9.99. The summed E-state index contributed by atoms with van der Waals surface area (Å²) in [5.41, 5.74) is 0. The lowest BCUT2D eigenvalue weighted by Crippen LogP contribution is -2.60. The molecule has 0 saturated carbocycles. The predicted octanol–water partition coefficient (Wildman–Crippen LogP) is 11.5. The highest BCUT2D eigenvalue weighted by molar-refractivity contribution is 5.76. The van der Waals surface area contributed by atoms with Crippen LogP contribution in [0.1, 0.15) is 258 Å². The summed E-state index contributed by atoms with van der Waals surface area (Å²) < 4.78 is 11.1. The van der Waals surface area contributed by atoms with E-state index in [-0.39, 0.29) is 12.5 Å². The standard InChI is InChI=1S/C50H99NO8/c1-3-5-7-9-10-11-12-13-14-15-16-17-18-19-20-21-22-23-24-25-26-27-28-29-30-31-32-33-34-35-36-38-40-46(54)51-43(44(53)39-37-8-6-4-2)42-58-50-49(57)48(56)47(55)45(41-52)59-50/h43-45,47-50,52-53,55-57H,3-42H2,1-2H3,(H,51,54). The number of hydrogen-bond acceptors (Lipinski definition) is 8. The van der Waals surface area contributed by atoms with E-state index in [0.717, 1.165) is 44.9 Å². The van der Waals surface area contributed by atoms with Crippen molar-refractivity contribution < 1.29 is 39.8 Å². The van der Waals surface area contributed by atoms with Crippen molar-refractivity contribution in [1.29, 1.82) is 0 Å². The van der Waals surface area contributed by atoms with Crippen molar-refractivity contribution >= 4 is 5.91 Å². The molecule has 1 saturated heterocycles. The van der Waals surface area contributed by atoms with Crippen LogP contribution in [0, 0.1) is 0 Å². The molecule has 1 amide bonds. The third kappa shape index (κ3) is 31.6. The van der Waals surface area contributed by atoms with E-state index < -0.39 is 49.5 Å². The summed E-state index contributed by atoms with van der Waals surface area (Å²) in [6.07, 6.45) is 40.9. The molecular weight excluding hydrogens is 743 g/mol. The first-order valence-electron chi connectivity index (χ1n) is 25.7. The van der Waals surface area contributed by atoms with Gasteiger partial charge < -0.3 is 40.3 Å². The summed E-state index contributed by atoms with van der Waals surface area (Å²) >= 11 is 0. The normalized spacial score (nSPS) is 20.6. The van der Waals surface area contributed by atoms with E-state index in [1.165, 1.54) is 186 Å². The number of unbranched alkanes of at least 4 members (excludes halogenated alkanes) is 34. The second kappa shape index (κ2) is 41.2. The van der Waals surface area contributed by atoms with Gasteiger partial charge in [0, 0.05) is 6.42 Å². The zero-order valence-electron chi connectivity index (χ0n) is 38.8. The first kappa shape index (κ1) is 56.2. The van der Waals surface area contributed by atoms with Crippen LogP contribution in [-0.4, -0.2) is 87.5 Å². The van der Waals surface area contributed by atoms with Gasteiger partial charge in [0.1, 0.15) is 24.4 Å². The Kier molecular flexibility index (Phi) is 39.3. The van der Waals surface area contributed by atoms with Crippen molar-refractivity contribution in [2.45, 2.75) is 301 Å². The molecule has 1 fully saturated rings. The highest BCUT2D eigenvalue weighted by atomic mass is 16.7. The summed E-state index contributed by atoms with van der Waals surface area (Å²) in [5, 5.41) is 53.8. The minimum Gasteiger partial charge on any atom is -0.394 e. The van der Waals surface area contributed by atoms with Crippen molar-refractivity contribution in [3.05, 3.63) is 0 Å². The van der Waals surface area contributed by atoms with Crippen LogP contribution in [0.5, 0.6) is 0 Å². The van der Waals surface area contributed by atoms with E-state index >= 15 is 0 Å². The molecule has 0 aromatic carbocycles. The molecule has 59 heavy (non-hydrogen) atoms. The summed E-state index contributed by atoms with van der Waals surface area (Å²) in [5.74, 6) is -0.148. The molecule has 0 spiro atoms. The molecule has 6 N–H and O–H groups in total. The maximum Gasteiger partial charge on any atom is 0.220 e. The van der Waals surface area contributed by atoms with Crippen molar-refractivity contribution in [2.24, 2.45) is 0 Å². The maximum absolute atomic E-state index is 12.8. The molecule has 7 atom stereocenters. The van der Waals surface area contributed by atoms with E-state index in [0.29, 0.717) is 12.8 Å². The number of ether oxygens (including phenoxy) is 2. The van der Waals surface area contributed by atoms with Gasteiger partial charge in [-0.25, -0.2) is 0 Å². The van der Waals surface area contributed by atoms with E-state index in [1.54, 1.807) is 0 Å². The first-order chi connectivity index (χ1) is 28.8. The van der Waals surface area contributed by atoms with Gasteiger partial charge in [0.05, 0.1) is 25.4 Å². The van der Waals surface area contributed by atoms with E-state index in [2.05, 4.69) is 19.2 Å². The molecule has 9 nitrogen and oxygen atoms in total. The number of rotatable bonds is 44. The average molecular weight is 842 g/mol. The molecule has 9 heteroatoms. The zero-order valence-corrected chi connectivity index (χ0v) is 38.8. The molecule has 1 aliphatic rings. The predicted molar refractivity (Wildman–Crippen MR) is 244 cm³/mol. The second-order valence-corrected chi connectivity index (χ2v) is 18.3. The van der Waals surface area contributed by atoms with Gasteiger partial charge in [0.2, 0.25) is 5.91 Å². The van der Waals surface area contributed by atoms with Gasteiger partial charge in [-0.05, 0) is 12.8 Å². The summed E-state index contributed by atoms with van der Waals surface area (Å²) in [6.45, 7) is 3.73. The molecule has 1 rings (SSSR count). The molecule has 0 radical (unpaired) electrons. The highest BCUT2D eigenvalue weighted by Gasteiger charge is 2.44. The smallest absolute Gasteiger partial charge is 0.220 e. The topological polar surface area (TPSA) is 149 Å². The van der Waals surface area contributed by atoms with Crippen LogP contribution in [0.2, 0.25) is 0 Å². The number of carbonyl (C=O) groups is 1. The Balaban J connectivity index is 1.95. The van der Waals surface area contributed by atoms with Crippen LogP contribution >= 0.6 is 0 Å². The van der Waals surface area contributed by atoms with Crippen molar-refractivity contribution in [1.82, 2.24) is 5.32 Å². The zero-order chi connectivity index (χ0) is 43.0. The van der Waals surface area contributed by atoms with Crippen LogP contribution in [0.25, 0.3) is 0 Å². The molecular formula is C50H99NO8. The molecule has 0 aromatic heterocycles. The van der Waals surface area contributed by atoms with Crippen LogP contribution in [0.15, 0.2) is 0 Å². The molecule has 0 aliphatic carbocycles.